The highest BCUT2D eigenvalue weighted by Crippen LogP contribution is 2.26. The Labute approximate surface area is 127 Å². The molecule has 1 aromatic carbocycles. The number of carbonyl (C=O) groups excluding carboxylic acids is 1. The summed E-state index contributed by atoms with van der Waals surface area (Å²) in [6.45, 7) is 3.44. The van der Waals surface area contributed by atoms with Crippen molar-refractivity contribution in [3.63, 3.8) is 0 Å². The van der Waals surface area contributed by atoms with E-state index in [1.807, 2.05) is 0 Å². The van der Waals surface area contributed by atoms with Gasteiger partial charge in [-0.05, 0) is 17.5 Å². The summed E-state index contributed by atoms with van der Waals surface area (Å²) in [5.41, 5.74) is 2.52. The lowest BCUT2D eigenvalue weighted by atomic mass is 10.1. The molecule has 0 spiro atoms. The van der Waals surface area contributed by atoms with Crippen LogP contribution in [0.2, 0.25) is 0 Å². The molecule has 0 radical (unpaired) electrons. The van der Waals surface area contributed by atoms with Crippen molar-refractivity contribution in [2.75, 3.05) is 5.75 Å². The van der Waals surface area contributed by atoms with Gasteiger partial charge in [-0.2, -0.15) is 0 Å². The molecule has 1 rings (SSSR count). The molecule has 1 atom stereocenters. The molecule has 0 heterocycles. The van der Waals surface area contributed by atoms with Gasteiger partial charge < -0.3 is 10.4 Å². The first-order chi connectivity index (χ1) is 9.52. The summed E-state index contributed by atoms with van der Waals surface area (Å²) in [6, 6.07) is 7.58. The quantitative estimate of drug-likeness (QED) is 0.570. The molecule has 0 aliphatic heterocycles. The third kappa shape index (κ3) is 6.34. The van der Waals surface area contributed by atoms with Gasteiger partial charge in [-0.3, -0.25) is 4.79 Å². The molecule has 0 aliphatic rings. The topological polar surface area (TPSA) is 66.4 Å². The fraction of sp³-hybridized carbons (Fsp3) is 0.429. The maximum atomic E-state index is 10.9. The first kappa shape index (κ1) is 16.9. The Morgan fingerprint density at radius 1 is 1.20 bits per heavy atom. The Morgan fingerprint density at radius 3 is 2.30 bits per heavy atom. The molecule has 1 aromatic rings. The van der Waals surface area contributed by atoms with E-state index in [1.54, 1.807) is 10.8 Å². The summed E-state index contributed by atoms with van der Waals surface area (Å²) in [4.78, 5) is 21.8. The van der Waals surface area contributed by atoms with E-state index < -0.39 is 12.0 Å². The Balaban J connectivity index is 2.32. The van der Waals surface area contributed by atoms with E-state index in [2.05, 4.69) is 36.5 Å². The van der Waals surface area contributed by atoms with Crippen LogP contribution in [0.15, 0.2) is 24.3 Å². The highest BCUT2D eigenvalue weighted by molar-refractivity contribution is 8.76. The lowest BCUT2D eigenvalue weighted by molar-refractivity contribution is -0.140. The number of rotatable bonds is 8. The summed E-state index contributed by atoms with van der Waals surface area (Å²) < 4.78 is 0. The molecule has 0 aromatic heterocycles. The standard InChI is InChI=1S/C14H19NO3S2/c1-3-11-4-6-12(7-5-11)8-19-20-9-13(14(17)18)15-10(2)16/h4-7,13H,3,8-9H2,1-2H3,(H,15,16)(H,17,18)/t13-/m0/s1. The van der Waals surface area contributed by atoms with Gasteiger partial charge in [0.15, 0.2) is 0 Å². The van der Waals surface area contributed by atoms with Gasteiger partial charge in [-0.25, -0.2) is 4.79 Å². The second-order valence-corrected chi connectivity index (χ2v) is 6.82. The van der Waals surface area contributed by atoms with Crippen LogP contribution in [0.4, 0.5) is 0 Å². The number of hydrogen-bond acceptors (Lipinski definition) is 4. The second-order valence-electron chi connectivity index (χ2n) is 4.31. The molecular formula is C14H19NO3S2. The van der Waals surface area contributed by atoms with Crippen LogP contribution in [0.25, 0.3) is 0 Å². The maximum absolute atomic E-state index is 10.9. The fourth-order valence-electron chi connectivity index (χ4n) is 1.52. The predicted octanol–water partition coefficient (Wildman–Crippen LogP) is 2.72. The molecule has 0 fully saturated rings. The minimum atomic E-state index is -0.999. The fourth-order valence-corrected chi connectivity index (χ4v) is 3.74. The molecular weight excluding hydrogens is 294 g/mol. The maximum Gasteiger partial charge on any atom is 0.327 e. The van der Waals surface area contributed by atoms with E-state index in [9.17, 15) is 9.59 Å². The summed E-state index contributed by atoms with van der Waals surface area (Å²) in [6.07, 6.45) is 1.03. The number of benzene rings is 1. The van der Waals surface area contributed by atoms with Crippen molar-refractivity contribution in [2.45, 2.75) is 32.1 Å². The van der Waals surface area contributed by atoms with Crippen LogP contribution in [0, 0.1) is 0 Å². The summed E-state index contributed by atoms with van der Waals surface area (Å²) >= 11 is 0. The lowest BCUT2D eigenvalue weighted by Crippen LogP contribution is -2.41. The average molecular weight is 313 g/mol. The van der Waals surface area contributed by atoms with Crippen molar-refractivity contribution >= 4 is 33.5 Å². The van der Waals surface area contributed by atoms with Crippen LogP contribution in [0.5, 0.6) is 0 Å². The van der Waals surface area contributed by atoms with E-state index in [0.717, 1.165) is 12.2 Å². The normalized spacial score (nSPS) is 11.9. The van der Waals surface area contributed by atoms with Crippen LogP contribution in [0.3, 0.4) is 0 Å². The van der Waals surface area contributed by atoms with Crippen LogP contribution in [0.1, 0.15) is 25.0 Å². The number of amides is 1. The zero-order chi connectivity index (χ0) is 15.0. The first-order valence-electron chi connectivity index (χ1n) is 6.35. The van der Waals surface area contributed by atoms with Crippen molar-refractivity contribution < 1.29 is 14.7 Å². The zero-order valence-corrected chi connectivity index (χ0v) is 13.2. The van der Waals surface area contributed by atoms with Crippen LogP contribution < -0.4 is 5.32 Å². The average Bonchev–Trinajstić information content (AvgIpc) is 2.42. The number of aryl methyl sites for hydroxylation is 1. The Hall–Kier alpha value is -1.14. The number of hydrogen-bond donors (Lipinski definition) is 2. The Bertz CT molecular complexity index is 448. The second kappa shape index (κ2) is 8.92. The van der Waals surface area contributed by atoms with Gasteiger partial charge in [0.05, 0.1) is 0 Å². The summed E-state index contributed by atoms with van der Waals surface area (Å²) in [5.74, 6) is -0.146. The highest BCUT2D eigenvalue weighted by atomic mass is 33.1. The Morgan fingerprint density at radius 2 is 1.80 bits per heavy atom. The van der Waals surface area contributed by atoms with E-state index in [0.29, 0.717) is 5.75 Å². The molecule has 0 saturated carbocycles. The van der Waals surface area contributed by atoms with E-state index in [4.69, 9.17) is 5.11 Å². The molecule has 2 N–H and O–H groups in total. The first-order valence-corrected chi connectivity index (χ1v) is 8.84. The van der Waals surface area contributed by atoms with Gasteiger partial charge in [-0.1, -0.05) is 52.8 Å². The van der Waals surface area contributed by atoms with Crippen LogP contribution in [-0.4, -0.2) is 28.8 Å². The number of aliphatic carboxylic acids is 1. The molecule has 0 saturated heterocycles. The number of nitrogens with one attached hydrogen (secondary N) is 1. The van der Waals surface area contributed by atoms with Gasteiger partial charge in [-0.15, -0.1) is 0 Å². The number of carboxylic acid groups (broad SMARTS) is 1. The molecule has 0 bridgehead atoms. The third-order valence-corrected chi connectivity index (χ3v) is 5.00. The lowest BCUT2D eigenvalue weighted by Gasteiger charge is -2.12. The smallest absolute Gasteiger partial charge is 0.327 e. The van der Waals surface area contributed by atoms with Crippen molar-refractivity contribution in [1.82, 2.24) is 5.32 Å². The largest absolute Gasteiger partial charge is 0.480 e. The monoisotopic (exact) mass is 313 g/mol. The molecule has 1 amide bonds. The third-order valence-electron chi connectivity index (χ3n) is 2.65. The van der Waals surface area contributed by atoms with Gasteiger partial charge in [0.1, 0.15) is 6.04 Å². The summed E-state index contributed by atoms with van der Waals surface area (Å²) in [7, 11) is 3.05. The van der Waals surface area contributed by atoms with Gasteiger partial charge >= 0.3 is 5.97 Å². The van der Waals surface area contributed by atoms with Crippen molar-refractivity contribution in [3.8, 4) is 0 Å². The number of carbonyl (C=O) groups is 2. The molecule has 110 valence electrons. The molecule has 6 heteroatoms. The molecule has 0 unspecified atom stereocenters. The van der Waals surface area contributed by atoms with E-state index in [1.165, 1.54) is 28.8 Å². The van der Waals surface area contributed by atoms with Gasteiger partial charge in [0, 0.05) is 18.4 Å². The van der Waals surface area contributed by atoms with Gasteiger partial charge in [0.25, 0.3) is 0 Å². The Kier molecular flexibility index (Phi) is 7.54. The van der Waals surface area contributed by atoms with Crippen LogP contribution in [-0.2, 0) is 21.8 Å². The molecule has 0 aliphatic carbocycles. The molecule has 20 heavy (non-hydrogen) atoms. The highest BCUT2D eigenvalue weighted by Gasteiger charge is 2.18. The summed E-state index contributed by atoms with van der Waals surface area (Å²) in [5, 5.41) is 11.4. The van der Waals surface area contributed by atoms with Gasteiger partial charge in [0.2, 0.25) is 5.91 Å². The predicted molar refractivity (Wildman–Crippen MR) is 84.8 cm³/mol. The zero-order valence-electron chi connectivity index (χ0n) is 11.6. The van der Waals surface area contributed by atoms with E-state index >= 15 is 0 Å². The van der Waals surface area contributed by atoms with Crippen molar-refractivity contribution in [1.29, 1.82) is 0 Å². The van der Waals surface area contributed by atoms with Crippen molar-refractivity contribution in [2.24, 2.45) is 0 Å². The minimum absolute atomic E-state index is 0.321. The minimum Gasteiger partial charge on any atom is -0.480 e. The SMILES string of the molecule is CCc1ccc(CSSC[C@H](NC(C)=O)C(=O)O)cc1. The van der Waals surface area contributed by atoms with Crippen molar-refractivity contribution in [3.05, 3.63) is 35.4 Å². The molecule has 4 nitrogen and oxygen atoms in total. The van der Waals surface area contributed by atoms with Crippen LogP contribution >= 0.6 is 21.6 Å². The van der Waals surface area contributed by atoms with E-state index in [-0.39, 0.29) is 5.91 Å². The number of carboxylic acids is 1.